The van der Waals surface area contributed by atoms with Crippen LogP contribution in [0.3, 0.4) is 0 Å². The van der Waals surface area contributed by atoms with Gasteiger partial charge in [0.05, 0.1) is 24.3 Å². The van der Waals surface area contributed by atoms with Crippen molar-refractivity contribution in [1.29, 1.82) is 0 Å². The zero-order valence-corrected chi connectivity index (χ0v) is 16.4. The summed E-state index contributed by atoms with van der Waals surface area (Å²) in [5.41, 5.74) is 0.647. The van der Waals surface area contributed by atoms with Crippen molar-refractivity contribution in [3.63, 3.8) is 0 Å². The van der Waals surface area contributed by atoms with Crippen LogP contribution in [0.15, 0.2) is 24.3 Å². The van der Waals surface area contributed by atoms with Gasteiger partial charge in [-0.15, -0.1) is 0 Å². The van der Waals surface area contributed by atoms with E-state index in [2.05, 4.69) is 5.32 Å². The van der Waals surface area contributed by atoms with Gasteiger partial charge in [0.25, 0.3) is 5.92 Å². The van der Waals surface area contributed by atoms with E-state index in [9.17, 15) is 13.6 Å². The van der Waals surface area contributed by atoms with Crippen molar-refractivity contribution in [2.24, 2.45) is 0 Å². The van der Waals surface area contributed by atoms with Crippen molar-refractivity contribution in [3.05, 3.63) is 24.3 Å². The molecule has 3 rings (SSSR count). The Hall–Kier alpha value is -1.51. The lowest BCUT2D eigenvalue weighted by Gasteiger charge is -2.32. The Labute approximate surface area is 159 Å². The van der Waals surface area contributed by atoms with Crippen LogP contribution in [0.1, 0.15) is 40.5 Å². The highest BCUT2D eigenvalue weighted by Gasteiger charge is 2.51. The summed E-state index contributed by atoms with van der Waals surface area (Å²) < 4.78 is 38.9. The maximum absolute atomic E-state index is 13.4. The first-order valence-electron chi connectivity index (χ1n) is 9.33. The normalized spacial score (nSPS) is 24.0. The average molecular weight is 380 g/mol. The summed E-state index contributed by atoms with van der Waals surface area (Å²) in [6.45, 7) is 8.09. The molecule has 2 saturated heterocycles. The number of halogens is 2. The maximum atomic E-state index is 13.4. The molecular weight excluding hydrogens is 353 g/mol. The number of likely N-dealkylation sites (tertiary alicyclic amines) is 1. The van der Waals surface area contributed by atoms with Crippen molar-refractivity contribution in [3.8, 4) is 0 Å². The van der Waals surface area contributed by atoms with Gasteiger partial charge in [-0.3, -0.25) is 9.69 Å². The third-order valence-electron chi connectivity index (χ3n) is 5.56. The van der Waals surface area contributed by atoms with Crippen LogP contribution in [0, 0.1) is 0 Å². The third kappa shape index (κ3) is 4.67. The van der Waals surface area contributed by atoms with Crippen molar-refractivity contribution < 1.29 is 22.9 Å². The molecule has 0 atom stereocenters. The third-order valence-corrected chi connectivity index (χ3v) is 5.56. The molecule has 5 nitrogen and oxygen atoms in total. The molecule has 2 aliphatic rings. The summed E-state index contributed by atoms with van der Waals surface area (Å²) in [5.74, 6) is -3.00. The van der Waals surface area contributed by atoms with E-state index in [1.54, 1.807) is 12.1 Å². The summed E-state index contributed by atoms with van der Waals surface area (Å²) in [7, 11) is -0.463. The minimum absolute atomic E-state index is 0.0332. The monoisotopic (exact) mass is 380 g/mol. The topological polar surface area (TPSA) is 50.8 Å². The Kier molecular flexibility index (Phi) is 5.36. The number of nitrogens with one attached hydrogen (secondary N) is 1. The number of hydrogen-bond acceptors (Lipinski definition) is 4. The van der Waals surface area contributed by atoms with E-state index in [4.69, 9.17) is 9.31 Å². The van der Waals surface area contributed by atoms with Crippen molar-refractivity contribution in [2.75, 3.05) is 25.0 Å². The van der Waals surface area contributed by atoms with E-state index in [-0.39, 0.29) is 25.4 Å². The van der Waals surface area contributed by atoms with Crippen LogP contribution in [0.2, 0.25) is 0 Å². The molecule has 148 valence electrons. The van der Waals surface area contributed by atoms with Gasteiger partial charge in [0.2, 0.25) is 5.91 Å². The molecular formula is C19H27BF2N2O3. The fourth-order valence-electron chi connectivity index (χ4n) is 3.29. The zero-order chi connectivity index (χ0) is 19.9. The number of nitrogens with zero attached hydrogens (tertiary/aromatic N) is 1. The minimum atomic E-state index is -2.71. The number of carbonyl (C=O) groups is 1. The largest absolute Gasteiger partial charge is 0.494 e. The molecule has 1 amide bonds. The Balaban J connectivity index is 1.56. The van der Waals surface area contributed by atoms with Crippen LogP contribution in [0.4, 0.5) is 14.5 Å². The number of benzene rings is 1. The van der Waals surface area contributed by atoms with E-state index in [0.29, 0.717) is 18.7 Å². The fourth-order valence-corrected chi connectivity index (χ4v) is 3.29. The number of alkyl halides is 2. The van der Waals surface area contributed by atoms with Gasteiger partial charge in [0.15, 0.2) is 0 Å². The summed E-state index contributed by atoms with van der Waals surface area (Å²) in [5, 5.41) is 2.76. The first-order valence-corrected chi connectivity index (χ1v) is 9.33. The first kappa shape index (κ1) is 20.2. The molecule has 1 N–H and O–H groups in total. The lowest BCUT2D eigenvalue weighted by Crippen LogP contribution is -2.45. The van der Waals surface area contributed by atoms with Crippen LogP contribution in [-0.4, -0.2) is 54.7 Å². The van der Waals surface area contributed by atoms with E-state index >= 15 is 0 Å². The molecule has 1 aromatic carbocycles. The number of amides is 1. The number of anilines is 1. The molecule has 0 bridgehead atoms. The number of rotatable bonds is 4. The summed E-state index contributed by atoms with van der Waals surface area (Å²) >= 11 is 0. The van der Waals surface area contributed by atoms with Crippen LogP contribution in [0.25, 0.3) is 0 Å². The van der Waals surface area contributed by atoms with E-state index < -0.39 is 24.2 Å². The fraction of sp³-hybridized carbons (Fsp3) is 0.632. The van der Waals surface area contributed by atoms with Gasteiger partial charge in [-0.25, -0.2) is 8.78 Å². The number of piperidine rings is 1. The molecule has 1 aromatic rings. The second kappa shape index (κ2) is 7.15. The van der Waals surface area contributed by atoms with Gasteiger partial charge in [-0.2, -0.15) is 0 Å². The Morgan fingerprint density at radius 3 is 2.30 bits per heavy atom. The lowest BCUT2D eigenvalue weighted by atomic mass is 9.79. The van der Waals surface area contributed by atoms with Crippen LogP contribution in [0.5, 0.6) is 0 Å². The number of hydrogen-bond donors (Lipinski definition) is 1. The highest BCUT2D eigenvalue weighted by molar-refractivity contribution is 6.62. The van der Waals surface area contributed by atoms with Gasteiger partial charge in [-0.1, -0.05) is 12.1 Å². The van der Waals surface area contributed by atoms with E-state index in [1.807, 2.05) is 39.8 Å². The second-order valence-electron chi connectivity index (χ2n) is 8.43. The molecule has 27 heavy (non-hydrogen) atoms. The van der Waals surface area contributed by atoms with Gasteiger partial charge < -0.3 is 14.6 Å². The second-order valence-corrected chi connectivity index (χ2v) is 8.43. The van der Waals surface area contributed by atoms with Crippen molar-refractivity contribution in [2.45, 2.75) is 57.7 Å². The standard InChI is InChI=1S/C19H27BF2N2O3/c1-17(2)18(3,4)27-20(26-17)14-6-8-15(9-7-14)23-16(25)12-24-11-5-10-19(21,22)13-24/h6-9H,5,10-13H2,1-4H3,(H,23,25). The highest BCUT2D eigenvalue weighted by Crippen LogP contribution is 2.36. The molecule has 8 heteroatoms. The molecule has 0 radical (unpaired) electrons. The molecule has 0 saturated carbocycles. The first-order chi connectivity index (χ1) is 12.5. The SMILES string of the molecule is CC1(C)OB(c2ccc(NC(=O)CN3CCCC(F)(F)C3)cc2)OC1(C)C. The van der Waals surface area contributed by atoms with Gasteiger partial charge >= 0.3 is 7.12 Å². The van der Waals surface area contributed by atoms with Crippen LogP contribution < -0.4 is 10.8 Å². The van der Waals surface area contributed by atoms with Crippen molar-refractivity contribution >= 4 is 24.2 Å². The Bertz CT molecular complexity index is 679. The highest BCUT2D eigenvalue weighted by atomic mass is 19.3. The number of carbonyl (C=O) groups excluding carboxylic acids is 1. The zero-order valence-electron chi connectivity index (χ0n) is 16.4. The van der Waals surface area contributed by atoms with Crippen molar-refractivity contribution in [1.82, 2.24) is 4.90 Å². The molecule has 2 fully saturated rings. The van der Waals surface area contributed by atoms with E-state index in [1.165, 1.54) is 4.90 Å². The van der Waals surface area contributed by atoms with Gasteiger partial charge in [-0.05, 0) is 58.3 Å². The average Bonchev–Trinajstić information content (AvgIpc) is 2.75. The molecule has 2 aliphatic heterocycles. The molecule has 0 unspecified atom stereocenters. The van der Waals surface area contributed by atoms with Gasteiger partial charge in [0.1, 0.15) is 0 Å². The molecule has 0 aromatic heterocycles. The molecule has 0 spiro atoms. The van der Waals surface area contributed by atoms with Crippen LogP contribution in [-0.2, 0) is 14.1 Å². The Morgan fingerprint density at radius 2 is 1.74 bits per heavy atom. The quantitative estimate of drug-likeness (QED) is 0.817. The summed E-state index contributed by atoms with van der Waals surface area (Å²) in [6.07, 6.45) is 0.300. The summed E-state index contributed by atoms with van der Waals surface area (Å²) in [6, 6.07) is 7.21. The van der Waals surface area contributed by atoms with E-state index in [0.717, 1.165) is 5.46 Å². The molecule has 2 heterocycles. The smallest absolute Gasteiger partial charge is 0.399 e. The predicted molar refractivity (Wildman–Crippen MR) is 101 cm³/mol. The maximum Gasteiger partial charge on any atom is 0.494 e. The predicted octanol–water partition coefficient (Wildman–Crippen LogP) is 2.66. The Morgan fingerprint density at radius 1 is 1.15 bits per heavy atom. The minimum Gasteiger partial charge on any atom is -0.399 e. The molecule has 0 aliphatic carbocycles. The lowest BCUT2D eigenvalue weighted by molar-refractivity contribution is -0.120. The summed E-state index contributed by atoms with van der Waals surface area (Å²) in [4.78, 5) is 13.7. The van der Waals surface area contributed by atoms with Gasteiger partial charge in [0, 0.05) is 12.1 Å². The van der Waals surface area contributed by atoms with Crippen LogP contribution >= 0.6 is 0 Å².